The van der Waals surface area contributed by atoms with Crippen molar-refractivity contribution in [1.29, 1.82) is 0 Å². The van der Waals surface area contributed by atoms with E-state index in [1.165, 1.54) is 12.1 Å². The normalized spacial score (nSPS) is 19.1. The first kappa shape index (κ1) is 25.3. The van der Waals surface area contributed by atoms with Gasteiger partial charge in [-0.15, -0.1) is 0 Å². The first-order valence-electron chi connectivity index (χ1n) is 12.4. The first-order chi connectivity index (χ1) is 18.4. The number of dihydropyridines is 1. The molecule has 7 heteroatoms. The fraction of sp³-hybridized carbons (Fsp3) is 0.226. The number of esters is 1. The van der Waals surface area contributed by atoms with Gasteiger partial charge < -0.3 is 19.9 Å². The number of methoxy groups -OCH3 is 1. The molecule has 3 aromatic carbocycles. The summed E-state index contributed by atoms with van der Waals surface area (Å²) in [5, 5.41) is 13.5. The Bertz CT molecular complexity index is 1470. The van der Waals surface area contributed by atoms with Crippen LogP contribution in [-0.2, 0) is 20.9 Å². The zero-order chi connectivity index (χ0) is 26.8. The number of nitrogens with one attached hydrogen (secondary N) is 1. The summed E-state index contributed by atoms with van der Waals surface area (Å²) in [6.07, 6.45) is 0.790. The first-order valence-corrected chi connectivity index (χ1v) is 12.4. The number of Topliss-reactive ketones (excluding diaryl/α,β-unsaturated/α-hetero) is 1. The second kappa shape index (κ2) is 10.5. The molecule has 0 saturated heterocycles. The van der Waals surface area contributed by atoms with Crippen molar-refractivity contribution in [1.82, 2.24) is 5.32 Å². The van der Waals surface area contributed by atoms with Crippen LogP contribution < -0.4 is 10.1 Å². The lowest BCUT2D eigenvalue weighted by atomic mass is 9.71. The van der Waals surface area contributed by atoms with Crippen LogP contribution in [0.4, 0.5) is 4.39 Å². The third-order valence-electron chi connectivity index (χ3n) is 7.15. The van der Waals surface area contributed by atoms with E-state index in [-0.39, 0.29) is 41.6 Å². The van der Waals surface area contributed by atoms with Crippen molar-refractivity contribution in [3.63, 3.8) is 0 Å². The van der Waals surface area contributed by atoms with Gasteiger partial charge >= 0.3 is 5.97 Å². The molecule has 3 aromatic rings. The van der Waals surface area contributed by atoms with Crippen LogP contribution in [0, 0.1) is 5.82 Å². The van der Waals surface area contributed by atoms with E-state index >= 15 is 0 Å². The number of rotatable bonds is 6. The van der Waals surface area contributed by atoms with Gasteiger partial charge in [0.15, 0.2) is 5.78 Å². The summed E-state index contributed by atoms with van der Waals surface area (Å²) in [6, 6.07) is 20.3. The van der Waals surface area contributed by atoms with E-state index < -0.39 is 17.7 Å². The Morgan fingerprint density at radius 3 is 2.58 bits per heavy atom. The molecular weight excluding hydrogens is 485 g/mol. The number of carbonyl (C=O) groups is 2. The van der Waals surface area contributed by atoms with Gasteiger partial charge in [-0.3, -0.25) is 4.79 Å². The summed E-state index contributed by atoms with van der Waals surface area (Å²) in [5.74, 6) is -1.32. The molecule has 2 unspecified atom stereocenters. The number of allylic oxidation sites excluding steroid dienone is 3. The summed E-state index contributed by atoms with van der Waals surface area (Å²) >= 11 is 0. The van der Waals surface area contributed by atoms with Gasteiger partial charge in [-0.2, -0.15) is 0 Å². The summed E-state index contributed by atoms with van der Waals surface area (Å²) in [6.45, 7) is 1.52. The molecule has 0 aromatic heterocycles. The molecule has 0 saturated carbocycles. The van der Waals surface area contributed by atoms with Gasteiger partial charge in [0.25, 0.3) is 0 Å². The van der Waals surface area contributed by atoms with Gasteiger partial charge in [0.1, 0.15) is 23.9 Å². The predicted molar refractivity (Wildman–Crippen MR) is 140 cm³/mol. The average Bonchev–Trinajstić information content (AvgIpc) is 2.91. The molecule has 1 heterocycles. The van der Waals surface area contributed by atoms with Crippen LogP contribution in [0.15, 0.2) is 95.3 Å². The third-order valence-corrected chi connectivity index (χ3v) is 7.15. The number of phenols is 1. The molecule has 5 rings (SSSR count). The van der Waals surface area contributed by atoms with Crippen LogP contribution in [0.25, 0.3) is 0 Å². The van der Waals surface area contributed by atoms with Crippen LogP contribution >= 0.6 is 0 Å². The third kappa shape index (κ3) is 4.79. The Balaban J connectivity index is 1.52. The number of ether oxygens (including phenoxy) is 2. The van der Waals surface area contributed by atoms with E-state index in [0.29, 0.717) is 23.3 Å². The van der Waals surface area contributed by atoms with E-state index in [0.717, 1.165) is 17.0 Å². The number of phenolic OH excluding ortho intramolecular Hbond substituents is 1. The topological polar surface area (TPSA) is 84.9 Å². The van der Waals surface area contributed by atoms with Crippen molar-refractivity contribution in [3.05, 3.63) is 118 Å². The fourth-order valence-electron chi connectivity index (χ4n) is 5.41. The second-order valence-electron chi connectivity index (χ2n) is 9.52. The predicted octanol–water partition coefficient (Wildman–Crippen LogP) is 5.64. The highest BCUT2D eigenvalue weighted by molar-refractivity contribution is 6.04. The molecule has 6 nitrogen and oxygen atoms in total. The Labute approximate surface area is 220 Å². The van der Waals surface area contributed by atoms with Gasteiger partial charge in [0.2, 0.25) is 0 Å². The summed E-state index contributed by atoms with van der Waals surface area (Å²) in [7, 11) is 1.61. The molecule has 0 spiro atoms. The number of ketones is 1. The van der Waals surface area contributed by atoms with E-state index in [1.807, 2.05) is 24.3 Å². The minimum absolute atomic E-state index is 0.0232. The maximum Gasteiger partial charge on any atom is 0.337 e. The Morgan fingerprint density at radius 1 is 1.05 bits per heavy atom. The van der Waals surface area contributed by atoms with Crippen molar-refractivity contribution in [2.45, 2.75) is 38.2 Å². The standard InChI is InChI=1S/C31H28FNO5/c1-18-28(31(36)38-17-20-8-3-5-12-24(20)32)29(19-9-7-10-22(34)14-19)30-25(33-18)15-21(16-26(30)35)23-11-4-6-13-27(23)37-2/h3-14,21,29,33-34H,15-17H2,1-2H3. The van der Waals surface area contributed by atoms with E-state index in [1.54, 1.807) is 50.4 Å². The van der Waals surface area contributed by atoms with Gasteiger partial charge in [-0.05, 0) is 48.7 Å². The van der Waals surface area contributed by atoms with Crippen molar-refractivity contribution in [3.8, 4) is 11.5 Å². The molecular formula is C31H28FNO5. The van der Waals surface area contributed by atoms with Crippen molar-refractivity contribution < 1.29 is 28.6 Å². The molecule has 2 N–H and O–H groups in total. The molecule has 1 aliphatic heterocycles. The maximum absolute atomic E-state index is 14.1. The number of para-hydroxylation sites is 1. The SMILES string of the molecule is COc1ccccc1C1CC(=O)C2=C(C1)NC(C)=C(C(=O)OCc1ccccc1F)C2c1cccc(O)c1. The molecule has 0 radical (unpaired) electrons. The molecule has 0 fully saturated rings. The Hall–Kier alpha value is -4.39. The number of aromatic hydroxyl groups is 1. The van der Waals surface area contributed by atoms with Gasteiger partial charge in [-0.25, -0.2) is 9.18 Å². The molecule has 1 aliphatic carbocycles. The highest BCUT2D eigenvalue weighted by atomic mass is 19.1. The molecule has 2 aliphatic rings. The number of hydrogen-bond acceptors (Lipinski definition) is 6. The number of hydrogen-bond donors (Lipinski definition) is 2. The highest BCUT2D eigenvalue weighted by Crippen LogP contribution is 2.47. The van der Waals surface area contributed by atoms with E-state index in [2.05, 4.69) is 5.32 Å². The van der Waals surface area contributed by atoms with Crippen LogP contribution in [0.3, 0.4) is 0 Å². The van der Waals surface area contributed by atoms with Crippen LogP contribution in [0.1, 0.15) is 48.3 Å². The Morgan fingerprint density at radius 2 is 1.82 bits per heavy atom. The van der Waals surface area contributed by atoms with Crippen LogP contribution in [0.2, 0.25) is 0 Å². The van der Waals surface area contributed by atoms with Crippen molar-refractivity contribution in [2.24, 2.45) is 0 Å². The van der Waals surface area contributed by atoms with Gasteiger partial charge in [0.05, 0.1) is 12.7 Å². The highest BCUT2D eigenvalue weighted by Gasteiger charge is 2.42. The number of benzene rings is 3. The fourth-order valence-corrected chi connectivity index (χ4v) is 5.41. The Kier molecular flexibility index (Phi) is 7.01. The zero-order valence-corrected chi connectivity index (χ0v) is 21.2. The molecule has 38 heavy (non-hydrogen) atoms. The van der Waals surface area contributed by atoms with Gasteiger partial charge in [0, 0.05) is 40.8 Å². The minimum atomic E-state index is -0.738. The molecule has 194 valence electrons. The number of carbonyl (C=O) groups excluding carboxylic acids is 2. The zero-order valence-electron chi connectivity index (χ0n) is 21.2. The quantitative estimate of drug-likeness (QED) is 0.415. The average molecular weight is 514 g/mol. The van der Waals surface area contributed by atoms with E-state index in [4.69, 9.17) is 9.47 Å². The maximum atomic E-state index is 14.1. The smallest absolute Gasteiger partial charge is 0.337 e. The molecule has 0 bridgehead atoms. The lowest BCUT2D eigenvalue weighted by Crippen LogP contribution is -2.36. The summed E-state index contributed by atoms with van der Waals surface area (Å²) in [5.41, 5.74) is 3.81. The van der Waals surface area contributed by atoms with Crippen LogP contribution in [-0.4, -0.2) is 24.0 Å². The van der Waals surface area contributed by atoms with Gasteiger partial charge in [-0.1, -0.05) is 48.5 Å². The molecule has 2 atom stereocenters. The summed E-state index contributed by atoms with van der Waals surface area (Å²) in [4.78, 5) is 27.2. The number of halogens is 1. The lowest BCUT2D eigenvalue weighted by Gasteiger charge is -2.37. The van der Waals surface area contributed by atoms with Crippen LogP contribution in [0.5, 0.6) is 11.5 Å². The largest absolute Gasteiger partial charge is 0.508 e. The van der Waals surface area contributed by atoms with Crippen molar-refractivity contribution >= 4 is 11.8 Å². The molecule has 0 amide bonds. The van der Waals surface area contributed by atoms with E-state index in [9.17, 15) is 19.1 Å². The lowest BCUT2D eigenvalue weighted by molar-refractivity contribution is -0.140. The minimum Gasteiger partial charge on any atom is -0.508 e. The van der Waals surface area contributed by atoms with Crippen molar-refractivity contribution in [2.75, 3.05) is 7.11 Å². The monoisotopic (exact) mass is 513 g/mol. The summed E-state index contributed by atoms with van der Waals surface area (Å²) < 4.78 is 25.2. The second-order valence-corrected chi connectivity index (χ2v) is 9.52.